The molecule has 1 fully saturated rings. The van der Waals surface area contributed by atoms with Crippen molar-refractivity contribution in [2.75, 3.05) is 5.32 Å². The van der Waals surface area contributed by atoms with Gasteiger partial charge in [-0.3, -0.25) is 9.59 Å². The molecule has 1 heterocycles. The molecule has 0 bridgehead atoms. The third kappa shape index (κ3) is 4.59. The van der Waals surface area contributed by atoms with Crippen LogP contribution in [0, 0.1) is 0 Å². The minimum Gasteiger partial charge on any atom is -0.325 e. The van der Waals surface area contributed by atoms with Crippen LogP contribution in [0.4, 0.5) is 5.69 Å². The monoisotopic (exact) mass is 421 g/mol. The maximum Gasteiger partial charge on any atom is 0.242 e. The molecule has 30 heavy (non-hydrogen) atoms. The number of nitrogens with zero attached hydrogens (tertiary/aromatic N) is 4. The van der Waals surface area contributed by atoms with E-state index in [1.54, 1.807) is 24.3 Å². The zero-order valence-electron chi connectivity index (χ0n) is 16.7. The highest BCUT2D eigenvalue weighted by Gasteiger charge is 2.28. The van der Waals surface area contributed by atoms with Crippen molar-refractivity contribution in [3.05, 3.63) is 65.7 Å². The van der Waals surface area contributed by atoms with E-state index in [9.17, 15) is 9.59 Å². The number of nitrogens with one attached hydrogen (secondary N) is 1. The van der Waals surface area contributed by atoms with Gasteiger partial charge in [0.15, 0.2) is 5.78 Å². The Morgan fingerprint density at radius 1 is 1.10 bits per heavy atom. The van der Waals surface area contributed by atoms with E-state index in [0.717, 1.165) is 18.4 Å². The molecule has 1 aromatic heterocycles. The Balaban J connectivity index is 1.59. The quantitative estimate of drug-likeness (QED) is 0.447. The van der Waals surface area contributed by atoms with Gasteiger partial charge in [-0.25, -0.2) is 4.68 Å². The number of thioether (sulfide) groups is 1. The Bertz CT molecular complexity index is 1030. The zero-order valence-corrected chi connectivity index (χ0v) is 17.5. The third-order valence-corrected chi connectivity index (χ3v) is 6.44. The fourth-order valence-corrected chi connectivity index (χ4v) is 4.72. The maximum atomic E-state index is 13.3. The van der Waals surface area contributed by atoms with E-state index in [4.69, 9.17) is 0 Å². The van der Waals surface area contributed by atoms with Crippen molar-refractivity contribution in [2.24, 2.45) is 0 Å². The number of benzene rings is 2. The number of amides is 1. The highest BCUT2D eigenvalue weighted by atomic mass is 32.2. The van der Waals surface area contributed by atoms with E-state index in [-0.39, 0.29) is 17.7 Å². The minimum atomic E-state index is -0.529. The molecule has 0 radical (unpaired) electrons. The number of Topliss-reactive ketones (excluding diaryl/α,β-unsaturated/α-hetero) is 1. The number of aromatic nitrogens is 4. The van der Waals surface area contributed by atoms with Gasteiger partial charge in [0.2, 0.25) is 11.1 Å². The van der Waals surface area contributed by atoms with E-state index in [1.165, 1.54) is 31.5 Å². The predicted octanol–water partition coefficient (Wildman–Crippen LogP) is 4.46. The van der Waals surface area contributed by atoms with Gasteiger partial charge in [0, 0.05) is 11.3 Å². The first-order valence-electron chi connectivity index (χ1n) is 10.0. The summed E-state index contributed by atoms with van der Waals surface area (Å²) in [4.78, 5) is 24.9. The molecular formula is C22H23N5O2S. The van der Waals surface area contributed by atoms with Crippen molar-refractivity contribution >= 4 is 29.1 Å². The second-order valence-electron chi connectivity index (χ2n) is 7.38. The number of rotatable bonds is 7. The van der Waals surface area contributed by atoms with E-state index < -0.39 is 5.25 Å². The Hall–Kier alpha value is -3.00. The molecule has 1 aliphatic rings. The zero-order chi connectivity index (χ0) is 20.9. The molecule has 1 unspecified atom stereocenters. The van der Waals surface area contributed by atoms with Crippen LogP contribution in [0.3, 0.4) is 0 Å². The molecule has 0 saturated heterocycles. The molecule has 1 N–H and O–H groups in total. The summed E-state index contributed by atoms with van der Waals surface area (Å²) in [6, 6.07) is 16.8. The number of hydrogen-bond donors (Lipinski definition) is 1. The van der Waals surface area contributed by atoms with E-state index in [2.05, 4.69) is 20.8 Å². The molecule has 4 rings (SSSR count). The second kappa shape index (κ2) is 9.21. The summed E-state index contributed by atoms with van der Waals surface area (Å²) in [6.45, 7) is 1.51. The number of hydrogen-bond acceptors (Lipinski definition) is 6. The summed E-state index contributed by atoms with van der Waals surface area (Å²) in [5.74, 6) is -0.233. The van der Waals surface area contributed by atoms with Gasteiger partial charge in [-0.05, 0) is 47.9 Å². The SMILES string of the molecule is CC(=O)c1cccc(NC(=O)C(Sc2nnnn2C2CCCC2)c2ccccc2)c1. The molecule has 0 aliphatic heterocycles. The number of tetrazole rings is 1. The molecule has 1 atom stereocenters. The highest BCUT2D eigenvalue weighted by Crippen LogP contribution is 2.38. The Labute approximate surface area is 179 Å². The lowest BCUT2D eigenvalue weighted by Crippen LogP contribution is -2.20. The van der Waals surface area contributed by atoms with Crippen molar-refractivity contribution < 1.29 is 9.59 Å². The van der Waals surface area contributed by atoms with Crippen LogP contribution in [-0.4, -0.2) is 31.9 Å². The van der Waals surface area contributed by atoms with Gasteiger partial charge in [-0.1, -0.05) is 67.1 Å². The van der Waals surface area contributed by atoms with Crippen LogP contribution in [-0.2, 0) is 4.79 Å². The third-order valence-electron chi connectivity index (χ3n) is 5.23. The molecule has 154 valence electrons. The van der Waals surface area contributed by atoms with Crippen LogP contribution < -0.4 is 5.32 Å². The van der Waals surface area contributed by atoms with Gasteiger partial charge >= 0.3 is 0 Å². The molecule has 2 aromatic carbocycles. The number of carbonyl (C=O) groups excluding carboxylic acids is 2. The molecular weight excluding hydrogens is 398 g/mol. The summed E-state index contributed by atoms with van der Waals surface area (Å²) in [7, 11) is 0. The lowest BCUT2D eigenvalue weighted by atomic mass is 10.1. The highest BCUT2D eigenvalue weighted by molar-refractivity contribution is 8.00. The van der Waals surface area contributed by atoms with Gasteiger partial charge in [-0.15, -0.1) is 5.10 Å². The number of carbonyl (C=O) groups is 2. The molecule has 7 nitrogen and oxygen atoms in total. The van der Waals surface area contributed by atoms with Crippen LogP contribution in [0.1, 0.15) is 59.8 Å². The molecule has 3 aromatic rings. The largest absolute Gasteiger partial charge is 0.325 e. The van der Waals surface area contributed by atoms with Gasteiger partial charge in [0.05, 0.1) is 6.04 Å². The van der Waals surface area contributed by atoms with E-state index in [1.807, 2.05) is 35.0 Å². The van der Waals surface area contributed by atoms with Crippen molar-refractivity contribution in [1.29, 1.82) is 0 Å². The smallest absolute Gasteiger partial charge is 0.242 e. The molecule has 0 spiro atoms. The Morgan fingerprint density at radius 3 is 2.60 bits per heavy atom. The molecule has 1 amide bonds. The van der Waals surface area contributed by atoms with Gasteiger partial charge in [-0.2, -0.15) is 0 Å². The van der Waals surface area contributed by atoms with E-state index in [0.29, 0.717) is 16.4 Å². The summed E-state index contributed by atoms with van der Waals surface area (Å²) < 4.78 is 1.86. The predicted molar refractivity (Wildman–Crippen MR) is 115 cm³/mol. The Morgan fingerprint density at radius 2 is 1.87 bits per heavy atom. The molecule has 1 saturated carbocycles. The first-order chi connectivity index (χ1) is 14.6. The number of ketones is 1. The van der Waals surface area contributed by atoms with Crippen molar-refractivity contribution in [2.45, 2.75) is 49.1 Å². The standard InChI is InChI=1S/C22H23N5O2S/c1-15(28)17-10-7-11-18(14-17)23-21(29)20(16-8-3-2-4-9-16)30-22-24-25-26-27(22)19-12-5-6-13-19/h2-4,7-11,14,19-20H,5-6,12-13H2,1H3,(H,23,29). The van der Waals surface area contributed by atoms with Crippen LogP contribution >= 0.6 is 11.8 Å². The van der Waals surface area contributed by atoms with Crippen molar-refractivity contribution in [3.63, 3.8) is 0 Å². The first-order valence-corrected chi connectivity index (χ1v) is 10.9. The topological polar surface area (TPSA) is 89.8 Å². The van der Waals surface area contributed by atoms with Crippen LogP contribution in [0.5, 0.6) is 0 Å². The number of anilines is 1. The lowest BCUT2D eigenvalue weighted by Gasteiger charge is -2.18. The van der Waals surface area contributed by atoms with Crippen LogP contribution in [0.2, 0.25) is 0 Å². The summed E-state index contributed by atoms with van der Waals surface area (Å²) in [6.07, 6.45) is 4.45. The maximum absolute atomic E-state index is 13.3. The summed E-state index contributed by atoms with van der Waals surface area (Å²) in [5, 5.41) is 15.3. The Kier molecular flexibility index (Phi) is 6.23. The average Bonchev–Trinajstić information content (AvgIpc) is 3.44. The second-order valence-corrected chi connectivity index (χ2v) is 8.45. The van der Waals surface area contributed by atoms with Gasteiger partial charge in [0.25, 0.3) is 0 Å². The average molecular weight is 422 g/mol. The van der Waals surface area contributed by atoms with Gasteiger partial charge < -0.3 is 5.32 Å². The lowest BCUT2D eigenvalue weighted by molar-refractivity contribution is -0.115. The van der Waals surface area contributed by atoms with Crippen molar-refractivity contribution in [1.82, 2.24) is 20.2 Å². The van der Waals surface area contributed by atoms with Crippen molar-refractivity contribution in [3.8, 4) is 0 Å². The normalized spacial score (nSPS) is 15.1. The first kappa shape index (κ1) is 20.3. The minimum absolute atomic E-state index is 0.0455. The summed E-state index contributed by atoms with van der Waals surface area (Å²) in [5.41, 5.74) is 2.01. The molecule has 1 aliphatic carbocycles. The van der Waals surface area contributed by atoms with E-state index >= 15 is 0 Å². The fraction of sp³-hybridized carbons (Fsp3) is 0.318. The summed E-state index contributed by atoms with van der Waals surface area (Å²) >= 11 is 1.35. The van der Waals surface area contributed by atoms with Crippen LogP contribution in [0.25, 0.3) is 0 Å². The van der Waals surface area contributed by atoms with Crippen LogP contribution in [0.15, 0.2) is 59.8 Å². The molecule has 8 heteroatoms. The van der Waals surface area contributed by atoms with Gasteiger partial charge in [0.1, 0.15) is 5.25 Å². The fourth-order valence-electron chi connectivity index (χ4n) is 3.67.